The molecule has 416 valence electrons. The number of unbranched alkanes of at least 4 members (excludes halogenated alkanes) is 33. The van der Waals surface area contributed by atoms with Crippen molar-refractivity contribution in [3.63, 3.8) is 0 Å². The van der Waals surface area contributed by atoms with Crippen molar-refractivity contribution in [1.82, 2.24) is 0 Å². The van der Waals surface area contributed by atoms with Gasteiger partial charge in [-0.05, 0) is 89.9 Å². The SMILES string of the molecule is CC/C=C\C/C=C\C/C=C\C/C=C\C/C=C\CCCCCCCCCCCCCCCCCCCC(=O)OCC(COC(=O)CCCCCCCCCCC)OC(=O)CCCCCCC/C=C\CCCCC. The van der Waals surface area contributed by atoms with E-state index in [1.807, 2.05) is 0 Å². The summed E-state index contributed by atoms with van der Waals surface area (Å²) in [7, 11) is 0. The fourth-order valence-electron chi connectivity index (χ4n) is 8.82. The van der Waals surface area contributed by atoms with E-state index in [1.165, 1.54) is 167 Å². The van der Waals surface area contributed by atoms with Crippen LogP contribution in [0.1, 0.15) is 310 Å². The quantitative estimate of drug-likeness (QED) is 0.0261. The Kier molecular flexibility index (Phi) is 57.8. The molecule has 0 aromatic rings. The largest absolute Gasteiger partial charge is 0.462 e. The second kappa shape index (κ2) is 60.4. The molecule has 0 aromatic carbocycles. The van der Waals surface area contributed by atoms with Crippen LogP contribution in [-0.2, 0) is 28.6 Å². The lowest BCUT2D eigenvalue weighted by molar-refractivity contribution is -0.167. The van der Waals surface area contributed by atoms with Crippen LogP contribution in [0.4, 0.5) is 0 Å². The molecule has 0 aliphatic carbocycles. The van der Waals surface area contributed by atoms with Crippen LogP contribution >= 0.6 is 0 Å². The van der Waals surface area contributed by atoms with Crippen molar-refractivity contribution in [1.29, 1.82) is 0 Å². The van der Waals surface area contributed by atoms with E-state index in [0.717, 1.165) is 103 Å². The van der Waals surface area contributed by atoms with Gasteiger partial charge in [0.15, 0.2) is 6.10 Å². The van der Waals surface area contributed by atoms with Gasteiger partial charge in [-0.2, -0.15) is 0 Å². The molecule has 6 nitrogen and oxygen atoms in total. The van der Waals surface area contributed by atoms with Crippen molar-refractivity contribution in [3.8, 4) is 0 Å². The number of allylic oxidation sites excluding steroid dienone is 12. The molecule has 6 heteroatoms. The fourth-order valence-corrected chi connectivity index (χ4v) is 8.82. The lowest BCUT2D eigenvalue weighted by atomic mass is 10.0. The van der Waals surface area contributed by atoms with E-state index in [0.29, 0.717) is 19.3 Å². The van der Waals surface area contributed by atoms with Crippen LogP contribution in [0.2, 0.25) is 0 Å². The summed E-state index contributed by atoms with van der Waals surface area (Å²) in [6.07, 6.45) is 77.9. The molecule has 0 fully saturated rings. The van der Waals surface area contributed by atoms with Crippen molar-refractivity contribution in [2.45, 2.75) is 316 Å². The van der Waals surface area contributed by atoms with Crippen LogP contribution in [0.3, 0.4) is 0 Å². The number of hydrogen-bond donors (Lipinski definition) is 0. The monoisotopic (exact) mass is 1000 g/mol. The molecule has 0 aliphatic rings. The summed E-state index contributed by atoms with van der Waals surface area (Å²) in [5.41, 5.74) is 0. The Morgan fingerprint density at radius 1 is 0.292 bits per heavy atom. The third-order valence-corrected chi connectivity index (χ3v) is 13.4. The summed E-state index contributed by atoms with van der Waals surface area (Å²) in [6.45, 7) is 6.50. The first-order chi connectivity index (χ1) is 35.5. The van der Waals surface area contributed by atoms with E-state index in [9.17, 15) is 14.4 Å². The maximum absolute atomic E-state index is 12.8. The van der Waals surface area contributed by atoms with E-state index in [2.05, 4.69) is 93.7 Å². The van der Waals surface area contributed by atoms with Crippen LogP contribution in [0.5, 0.6) is 0 Å². The first-order valence-electron chi connectivity index (χ1n) is 30.9. The fraction of sp³-hybridized carbons (Fsp3) is 0.773. The molecule has 1 atom stereocenters. The number of rotatable bonds is 56. The van der Waals surface area contributed by atoms with Crippen LogP contribution in [-0.4, -0.2) is 37.2 Å². The third kappa shape index (κ3) is 57.7. The van der Waals surface area contributed by atoms with Crippen molar-refractivity contribution >= 4 is 17.9 Å². The van der Waals surface area contributed by atoms with Gasteiger partial charge in [0.1, 0.15) is 13.2 Å². The van der Waals surface area contributed by atoms with Crippen LogP contribution in [0.15, 0.2) is 72.9 Å². The zero-order valence-corrected chi connectivity index (χ0v) is 47.7. The standard InChI is InChI=1S/C66H116O6/c1-4-7-10-13-16-19-21-23-24-25-26-27-28-29-30-31-32-33-34-35-36-37-38-39-40-41-42-43-45-47-50-53-56-59-65(68)71-62-63(61-70-64(67)58-55-52-49-46-18-15-12-9-6-3)72-66(69)60-57-54-51-48-44-22-20-17-14-11-8-5-2/h7,10,16-17,19-20,23-24,26-27,29-30,63H,4-6,8-9,11-15,18,21-22,25,28,31-62H2,1-3H3/b10-7-,19-16-,20-17-,24-23-,27-26-,30-29-. The van der Waals surface area contributed by atoms with Gasteiger partial charge in [-0.25, -0.2) is 0 Å². The third-order valence-electron chi connectivity index (χ3n) is 13.4. The lowest BCUT2D eigenvalue weighted by Gasteiger charge is -2.18. The molecule has 1 unspecified atom stereocenters. The molecule has 0 heterocycles. The minimum Gasteiger partial charge on any atom is -0.462 e. The highest BCUT2D eigenvalue weighted by atomic mass is 16.6. The van der Waals surface area contributed by atoms with Crippen LogP contribution in [0, 0.1) is 0 Å². The summed E-state index contributed by atoms with van der Waals surface area (Å²) in [4.78, 5) is 38.0. The molecule has 0 aliphatic heterocycles. The molecule has 0 saturated heterocycles. The molecule has 0 amide bonds. The molecule has 0 spiro atoms. The predicted octanol–water partition coefficient (Wildman–Crippen LogP) is 20.9. The van der Waals surface area contributed by atoms with Crippen LogP contribution in [0.25, 0.3) is 0 Å². The van der Waals surface area contributed by atoms with Gasteiger partial charge in [-0.1, -0.05) is 273 Å². The number of esters is 3. The lowest BCUT2D eigenvalue weighted by Crippen LogP contribution is -2.30. The Bertz CT molecular complexity index is 1340. The highest BCUT2D eigenvalue weighted by molar-refractivity contribution is 5.71. The summed E-state index contributed by atoms with van der Waals surface area (Å²) < 4.78 is 16.8. The molecular weight excluding hydrogens is 889 g/mol. The molecule has 0 aromatic heterocycles. The first-order valence-corrected chi connectivity index (χ1v) is 30.9. The second-order valence-corrected chi connectivity index (χ2v) is 20.6. The Balaban J connectivity index is 4.02. The maximum Gasteiger partial charge on any atom is 0.306 e. The van der Waals surface area contributed by atoms with Gasteiger partial charge in [0.05, 0.1) is 0 Å². The van der Waals surface area contributed by atoms with Crippen molar-refractivity contribution in [3.05, 3.63) is 72.9 Å². The predicted molar refractivity (Wildman–Crippen MR) is 311 cm³/mol. The molecule has 72 heavy (non-hydrogen) atoms. The smallest absolute Gasteiger partial charge is 0.306 e. The average molecular weight is 1010 g/mol. The Hall–Kier alpha value is -3.15. The molecule has 0 saturated carbocycles. The van der Waals surface area contributed by atoms with Crippen molar-refractivity contribution < 1.29 is 28.6 Å². The normalized spacial score (nSPS) is 12.5. The zero-order valence-electron chi connectivity index (χ0n) is 47.7. The summed E-state index contributed by atoms with van der Waals surface area (Å²) >= 11 is 0. The summed E-state index contributed by atoms with van der Waals surface area (Å²) in [5.74, 6) is -0.874. The summed E-state index contributed by atoms with van der Waals surface area (Å²) in [5, 5.41) is 0. The van der Waals surface area contributed by atoms with Crippen molar-refractivity contribution in [2.24, 2.45) is 0 Å². The Labute approximate surface area is 446 Å². The topological polar surface area (TPSA) is 78.9 Å². The minimum atomic E-state index is -0.774. The van der Waals surface area contributed by atoms with E-state index >= 15 is 0 Å². The molecule has 0 bridgehead atoms. The molecule has 0 N–H and O–H groups in total. The minimum absolute atomic E-state index is 0.0739. The Morgan fingerprint density at radius 2 is 0.542 bits per heavy atom. The number of hydrogen-bond acceptors (Lipinski definition) is 6. The van der Waals surface area contributed by atoms with E-state index in [-0.39, 0.29) is 31.1 Å². The highest BCUT2D eigenvalue weighted by Crippen LogP contribution is 2.17. The second-order valence-electron chi connectivity index (χ2n) is 20.6. The summed E-state index contributed by atoms with van der Waals surface area (Å²) in [6, 6.07) is 0. The zero-order chi connectivity index (χ0) is 52.2. The van der Waals surface area contributed by atoms with Crippen molar-refractivity contribution in [2.75, 3.05) is 13.2 Å². The van der Waals surface area contributed by atoms with Gasteiger partial charge in [0.25, 0.3) is 0 Å². The van der Waals surface area contributed by atoms with Gasteiger partial charge in [-0.15, -0.1) is 0 Å². The molecular formula is C66H116O6. The van der Waals surface area contributed by atoms with Gasteiger partial charge < -0.3 is 14.2 Å². The van der Waals surface area contributed by atoms with Gasteiger partial charge in [0.2, 0.25) is 0 Å². The van der Waals surface area contributed by atoms with Gasteiger partial charge in [0, 0.05) is 19.3 Å². The number of carbonyl (C=O) groups is 3. The van der Waals surface area contributed by atoms with Gasteiger partial charge >= 0.3 is 17.9 Å². The maximum atomic E-state index is 12.8. The average Bonchev–Trinajstić information content (AvgIpc) is 3.38. The first kappa shape index (κ1) is 68.8. The molecule has 0 rings (SSSR count). The van der Waals surface area contributed by atoms with Gasteiger partial charge in [-0.3, -0.25) is 14.4 Å². The number of ether oxygens (including phenoxy) is 3. The highest BCUT2D eigenvalue weighted by Gasteiger charge is 2.19. The van der Waals surface area contributed by atoms with Crippen LogP contribution < -0.4 is 0 Å². The van der Waals surface area contributed by atoms with E-state index in [4.69, 9.17) is 14.2 Å². The molecule has 0 radical (unpaired) electrons. The Morgan fingerprint density at radius 3 is 0.889 bits per heavy atom. The number of carbonyl (C=O) groups excluding carboxylic acids is 3. The van der Waals surface area contributed by atoms with E-state index < -0.39 is 6.10 Å². The van der Waals surface area contributed by atoms with E-state index in [1.54, 1.807) is 0 Å².